The summed E-state index contributed by atoms with van der Waals surface area (Å²) in [7, 11) is 0. The lowest BCUT2D eigenvalue weighted by Crippen LogP contribution is -2.56. The van der Waals surface area contributed by atoms with Crippen molar-refractivity contribution >= 4 is 11.7 Å². The van der Waals surface area contributed by atoms with Crippen LogP contribution < -0.4 is 11.1 Å². The Morgan fingerprint density at radius 3 is 2.40 bits per heavy atom. The molecule has 0 fully saturated rings. The van der Waals surface area contributed by atoms with Crippen molar-refractivity contribution < 1.29 is 18.8 Å². The largest absolute Gasteiger partial charge is 0.409 e. The lowest BCUT2D eigenvalue weighted by Gasteiger charge is -2.31. The summed E-state index contributed by atoms with van der Waals surface area (Å²) in [6.07, 6.45) is 0.767. The number of nitrogens with two attached hydrogens (primary N) is 1. The molecule has 1 rings (SSSR count). The van der Waals surface area contributed by atoms with Crippen LogP contribution in [0.4, 0.5) is 8.78 Å². The Morgan fingerprint density at radius 2 is 1.95 bits per heavy atom. The second-order valence-electron chi connectivity index (χ2n) is 4.36. The second-order valence-corrected chi connectivity index (χ2v) is 4.36. The van der Waals surface area contributed by atoms with E-state index in [1.54, 1.807) is 13.8 Å². The van der Waals surface area contributed by atoms with E-state index in [-0.39, 0.29) is 11.4 Å². The topological polar surface area (TPSA) is 87.7 Å². The Balaban J connectivity index is 3.05. The van der Waals surface area contributed by atoms with Crippen molar-refractivity contribution in [2.24, 2.45) is 10.9 Å². The average molecular weight is 285 g/mol. The van der Waals surface area contributed by atoms with E-state index in [0.29, 0.717) is 12.8 Å². The lowest BCUT2D eigenvalue weighted by atomic mass is 9.91. The molecule has 0 aliphatic carbocycles. The first-order valence-electron chi connectivity index (χ1n) is 6.15. The number of benzene rings is 1. The van der Waals surface area contributed by atoms with Gasteiger partial charge in [-0.3, -0.25) is 4.79 Å². The van der Waals surface area contributed by atoms with Crippen molar-refractivity contribution in [3.05, 3.63) is 35.4 Å². The van der Waals surface area contributed by atoms with Crippen molar-refractivity contribution in [2.45, 2.75) is 32.2 Å². The number of rotatable bonds is 5. The Morgan fingerprint density at radius 1 is 1.35 bits per heavy atom. The van der Waals surface area contributed by atoms with E-state index >= 15 is 0 Å². The summed E-state index contributed by atoms with van der Waals surface area (Å²) in [4.78, 5) is 12.1. The molecule has 0 aromatic heterocycles. The third-order valence-corrected chi connectivity index (χ3v) is 3.34. The second kappa shape index (κ2) is 6.31. The highest BCUT2D eigenvalue weighted by molar-refractivity contribution is 6.00. The number of hydrogen-bond donors (Lipinski definition) is 3. The number of amidine groups is 1. The van der Waals surface area contributed by atoms with E-state index in [1.165, 1.54) is 0 Å². The van der Waals surface area contributed by atoms with E-state index in [2.05, 4.69) is 10.5 Å². The van der Waals surface area contributed by atoms with Crippen LogP contribution in [-0.2, 0) is 0 Å². The summed E-state index contributed by atoms with van der Waals surface area (Å²) in [5, 5.41) is 14.3. The average Bonchev–Trinajstić information content (AvgIpc) is 2.46. The summed E-state index contributed by atoms with van der Waals surface area (Å²) in [5.41, 5.74) is 4.53. The molecular weight excluding hydrogens is 268 g/mol. The molecule has 5 nitrogen and oxygen atoms in total. The van der Waals surface area contributed by atoms with Crippen LogP contribution in [0.5, 0.6) is 0 Å². The van der Waals surface area contributed by atoms with Gasteiger partial charge in [0.15, 0.2) is 17.5 Å². The molecule has 1 aromatic rings. The minimum Gasteiger partial charge on any atom is -0.409 e. The van der Waals surface area contributed by atoms with E-state index < -0.39 is 23.1 Å². The first kappa shape index (κ1) is 15.9. The SMILES string of the molecule is CCC(CC)(NC(=O)c1ccc(F)c(F)c1)/C(N)=N/O. The van der Waals surface area contributed by atoms with E-state index in [9.17, 15) is 13.6 Å². The van der Waals surface area contributed by atoms with Gasteiger partial charge in [0, 0.05) is 5.56 Å². The van der Waals surface area contributed by atoms with Crippen LogP contribution in [0.3, 0.4) is 0 Å². The van der Waals surface area contributed by atoms with Crippen LogP contribution in [0.2, 0.25) is 0 Å². The molecule has 110 valence electrons. The molecule has 0 spiro atoms. The zero-order valence-corrected chi connectivity index (χ0v) is 11.3. The maximum Gasteiger partial charge on any atom is 0.252 e. The summed E-state index contributed by atoms with van der Waals surface area (Å²) in [6, 6.07) is 2.83. The normalized spacial score (nSPS) is 12.3. The van der Waals surface area contributed by atoms with Crippen molar-refractivity contribution in [3.8, 4) is 0 Å². The number of oxime groups is 1. The highest BCUT2D eigenvalue weighted by atomic mass is 19.2. The minimum atomic E-state index is -1.11. The minimum absolute atomic E-state index is 0.0408. The van der Waals surface area contributed by atoms with Crippen molar-refractivity contribution in [1.82, 2.24) is 5.32 Å². The predicted octanol–water partition coefficient (Wildman–Crippen LogP) is 2.00. The van der Waals surface area contributed by atoms with Crippen LogP contribution in [0.25, 0.3) is 0 Å². The van der Waals surface area contributed by atoms with Crippen molar-refractivity contribution in [2.75, 3.05) is 0 Å². The predicted molar refractivity (Wildman–Crippen MR) is 70.5 cm³/mol. The number of carbonyl (C=O) groups excluding carboxylic acids is 1. The Bertz CT molecular complexity index is 528. The molecule has 1 amide bonds. The molecule has 0 unspecified atom stereocenters. The number of nitrogens with one attached hydrogen (secondary N) is 1. The number of carbonyl (C=O) groups is 1. The summed E-state index contributed by atoms with van der Waals surface area (Å²) >= 11 is 0. The van der Waals surface area contributed by atoms with Crippen LogP contribution in [0.1, 0.15) is 37.0 Å². The number of hydrogen-bond acceptors (Lipinski definition) is 3. The third kappa shape index (κ3) is 3.04. The summed E-state index contributed by atoms with van der Waals surface area (Å²) < 4.78 is 26.0. The van der Waals surface area contributed by atoms with Gasteiger partial charge in [-0.1, -0.05) is 19.0 Å². The maximum atomic E-state index is 13.1. The molecule has 20 heavy (non-hydrogen) atoms. The molecule has 0 bridgehead atoms. The maximum absolute atomic E-state index is 13.1. The molecule has 1 aromatic carbocycles. The van der Waals surface area contributed by atoms with Gasteiger partial charge in [-0.2, -0.15) is 0 Å². The van der Waals surface area contributed by atoms with Gasteiger partial charge in [-0.25, -0.2) is 8.78 Å². The van der Waals surface area contributed by atoms with Crippen molar-refractivity contribution in [3.63, 3.8) is 0 Å². The smallest absolute Gasteiger partial charge is 0.252 e. The van der Waals surface area contributed by atoms with E-state index in [4.69, 9.17) is 10.9 Å². The Labute approximate surface area is 115 Å². The quantitative estimate of drug-likeness (QED) is 0.334. The van der Waals surface area contributed by atoms with E-state index in [0.717, 1.165) is 18.2 Å². The number of amides is 1. The van der Waals surface area contributed by atoms with Gasteiger partial charge >= 0.3 is 0 Å². The fraction of sp³-hybridized carbons (Fsp3) is 0.385. The van der Waals surface area contributed by atoms with Crippen molar-refractivity contribution in [1.29, 1.82) is 0 Å². The Kier molecular flexibility index (Phi) is 5.01. The lowest BCUT2D eigenvalue weighted by molar-refractivity contribution is 0.0917. The molecule has 0 aliphatic heterocycles. The van der Waals surface area contributed by atoms with Gasteiger partial charge in [0.2, 0.25) is 0 Å². The summed E-state index contributed by atoms with van der Waals surface area (Å²) in [6.45, 7) is 3.51. The zero-order chi connectivity index (χ0) is 15.3. The van der Waals surface area contributed by atoms with Gasteiger partial charge in [0.1, 0.15) is 5.54 Å². The van der Waals surface area contributed by atoms with Gasteiger partial charge in [0.05, 0.1) is 0 Å². The highest BCUT2D eigenvalue weighted by Gasteiger charge is 2.33. The molecule has 7 heteroatoms. The van der Waals surface area contributed by atoms with Crippen LogP contribution >= 0.6 is 0 Å². The molecule has 0 saturated heterocycles. The molecule has 0 atom stereocenters. The third-order valence-electron chi connectivity index (χ3n) is 3.34. The summed E-state index contributed by atoms with van der Waals surface area (Å²) in [5.74, 6) is -2.91. The first-order valence-corrected chi connectivity index (χ1v) is 6.15. The fourth-order valence-corrected chi connectivity index (χ4v) is 1.88. The molecule has 0 saturated carbocycles. The Hall–Kier alpha value is -2.18. The first-order chi connectivity index (χ1) is 9.40. The van der Waals surface area contributed by atoms with Gasteiger partial charge in [-0.05, 0) is 31.0 Å². The molecule has 4 N–H and O–H groups in total. The monoisotopic (exact) mass is 285 g/mol. The van der Waals surface area contributed by atoms with Gasteiger partial charge < -0.3 is 16.3 Å². The van der Waals surface area contributed by atoms with Gasteiger partial charge in [-0.15, -0.1) is 0 Å². The molecule has 0 heterocycles. The number of nitrogens with zero attached hydrogens (tertiary/aromatic N) is 1. The molecule has 0 aliphatic rings. The van der Waals surface area contributed by atoms with Crippen LogP contribution in [0.15, 0.2) is 23.4 Å². The standard InChI is InChI=1S/C13H17F2N3O2/c1-3-13(4-2,12(16)18-20)17-11(19)8-5-6-9(14)10(15)7-8/h5-7,20H,3-4H2,1-2H3,(H2,16,18)(H,17,19). The number of halogens is 2. The van der Waals surface area contributed by atoms with Crippen LogP contribution in [-0.4, -0.2) is 22.5 Å². The molecular formula is C13H17F2N3O2. The molecule has 0 radical (unpaired) electrons. The fourth-order valence-electron chi connectivity index (χ4n) is 1.88. The van der Waals surface area contributed by atoms with E-state index in [1.807, 2.05) is 0 Å². The van der Waals surface area contributed by atoms with Gasteiger partial charge in [0.25, 0.3) is 5.91 Å². The zero-order valence-electron chi connectivity index (χ0n) is 11.3. The van der Waals surface area contributed by atoms with Crippen LogP contribution in [0, 0.1) is 11.6 Å². The highest BCUT2D eigenvalue weighted by Crippen LogP contribution is 2.17.